The van der Waals surface area contributed by atoms with Crippen molar-refractivity contribution in [3.8, 4) is 0 Å². The van der Waals surface area contributed by atoms with E-state index in [1.807, 2.05) is 29.6 Å². The van der Waals surface area contributed by atoms with Crippen molar-refractivity contribution in [2.24, 2.45) is 0 Å². The Morgan fingerprint density at radius 3 is 2.95 bits per heavy atom. The molecule has 1 aromatic heterocycles. The van der Waals surface area contributed by atoms with Crippen molar-refractivity contribution in [2.75, 3.05) is 19.6 Å². The van der Waals surface area contributed by atoms with Crippen LogP contribution in [0.5, 0.6) is 0 Å². The Bertz CT molecular complexity index is 800. The summed E-state index contributed by atoms with van der Waals surface area (Å²) in [5.74, 6) is -0.406. The van der Waals surface area contributed by atoms with E-state index in [1.54, 1.807) is 4.90 Å². The second-order valence-corrected chi connectivity index (χ2v) is 6.32. The molecule has 1 N–H and O–H groups in total. The van der Waals surface area contributed by atoms with Crippen molar-refractivity contribution < 1.29 is 14.4 Å². The van der Waals surface area contributed by atoms with Crippen LogP contribution in [0, 0.1) is 0 Å². The van der Waals surface area contributed by atoms with Crippen LogP contribution in [-0.4, -0.2) is 53.3 Å². The van der Waals surface area contributed by atoms with E-state index in [0.29, 0.717) is 18.7 Å². The summed E-state index contributed by atoms with van der Waals surface area (Å²) in [4.78, 5) is 39.3. The van der Waals surface area contributed by atoms with Gasteiger partial charge in [-0.25, -0.2) is 4.79 Å². The van der Waals surface area contributed by atoms with Gasteiger partial charge in [-0.15, -0.1) is 11.3 Å². The lowest BCUT2D eigenvalue weighted by atomic mass is 10.1. The molecule has 2 fully saturated rings. The van der Waals surface area contributed by atoms with E-state index < -0.39 is 6.04 Å². The van der Waals surface area contributed by atoms with E-state index in [4.69, 9.17) is 0 Å². The Morgan fingerprint density at radius 2 is 2.09 bits per heavy atom. The second-order valence-electron chi connectivity index (χ2n) is 5.40. The van der Waals surface area contributed by atoms with Crippen LogP contribution < -0.4 is 5.32 Å². The Labute approximate surface area is 130 Å². The molecule has 6 nitrogen and oxygen atoms in total. The van der Waals surface area contributed by atoms with Gasteiger partial charge in [-0.05, 0) is 22.9 Å². The van der Waals surface area contributed by atoms with Crippen LogP contribution in [0.3, 0.4) is 0 Å². The fraction of sp³-hybridized carbons (Fsp3) is 0.267. The van der Waals surface area contributed by atoms with Crippen molar-refractivity contribution >= 4 is 39.3 Å². The molecule has 1 aromatic carbocycles. The van der Waals surface area contributed by atoms with Gasteiger partial charge < -0.3 is 9.80 Å². The van der Waals surface area contributed by atoms with Gasteiger partial charge in [0.05, 0.1) is 12.1 Å². The summed E-state index contributed by atoms with van der Waals surface area (Å²) in [5.41, 5.74) is 0.658. The fourth-order valence-electron chi connectivity index (χ4n) is 3.03. The largest absolute Gasteiger partial charge is 0.334 e. The van der Waals surface area contributed by atoms with E-state index in [9.17, 15) is 14.4 Å². The summed E-state index contributed by atoms with van der Waals surface area (Å²) in [6.45, 7) is 1.07. The number of fused-ring (bicyclic) bond motifs is 2. The summed E-state index contributed by atoms with van der Waals surface area (Å²) in [6.07, 6.45) is 0. The summed E-state index contributed by atoms with van der Waals surface area (Å²) in [6, 6.07) is 6.72. The maximum absolute atomic E-state index is 12.8. The molecule has 4 rings (SSSR count). The van der Waals surface area contributed by atoms with E-state index >= 15 is 0 Å². The fourth-order valence-corrected chi connectivity index (χ4v) is 3.93. The number of amides is 4. The van der Waals surface area contributed by atoms with Gasteiger partial charge in [-0.2, -0.15) is 0 Å². The number of imide groups is 1. The first kappa shape index (κ1) is 13.3. The molecule has 0 aliphatic carbocycles. The molecule has 2 aromatic rings. The molecule has 2 aliphatic rings. The molecular weight excluding hydrogens is 302 g/mol. The van der Waals surface area contributed by atoms with Crippen LogP contribution in [0.1, 0.15) is 10.4 Å². The number of carbonyl (C=O) groups is 3. The van der Waals surface area contributed by atoms with Gasteiger partial charge in [0.25, 0.3) is 11.8 Å². The number of nitrogens with zero attached hydrogens (tertiary/aromatic N) is 2. The third kappa shape index (κ3) is 1.89. The molecule has 22 heavy (non-hydrogen) atoms. The Balaban J connectivity index is 1.63. The van der Waals surface area contributed by atoms with Crippen LogP contribution in [0.15, 0.2) is 29.6 Å². The van der Waals surface area contributed by atoms with Crippen LogP contribution in [0.2, 0.25) is 0 Å². The first-order valence-electron chi connectivity index (χ1n) is 7.02. The Kier molecular flexibility index (Phi) is 2.90. The van der Waals surface area contributed by atoms with Crippen LogP contribution in [-0.2, 0) is 4.79 Å². The average molecular weight is 315 g/mol. The van der Waals surface area contributed by atoms with E-state index in [2.05, 4.69) is 5.32 Å². The summed E-state index contributed by atoms with van der Waals surface area (Å²) >= 11 is 1.54. The van der Waals surface area contributed by atoms with Crippen molar-refractivity contribution in [1.82, 2.24) is 15.1 Å². The SMILES string of the molecule is O=C1NC(=O)N2CCN(C(=O)c3cccc4ccsc34)CC12. The second kappa shape index (κ2) is 4.81. The lowest BCUT2D eigenvalue weighted by Crippen LogP contribution is -2.54. The first-order valence-corrected chi connectivity index (χ1v) is 7.90. The van der Waals surface area contributed by atoms with Gasteiger partial charge in [0.15, 0.2) is 0 Å². The average Bonchev–Trinajstić information content (AvgIpc) is 3.11. The molecule has 7 heteroatoms. The highest BCUT2D eigenvalue weighted by Gasteiger charge is 2.43. The van der Waals surface area contributed by atoms with Gasteiger partial charge in [-0.1, -0.05) is 12.1 Å². The first-order chi connectivity index (χ1) is 10.6. The third-order valence-electron chi connectivity index (χ3n) is 4.17. The minimum atomic E-state index is -0.562. The summed E-state index contributed by atoms with van der Waals surface area (Å²) < 4.78 is 0.960. The predicted octanol–water partition coefficient (Wildman–Crippen LogP) is 1.28. The number of benzene rings is 1. The number of nitrogens with one attached hydrogen (secondary N) is 1. The maximum Gasteiger partial charge on any atom is 0.324 e. The number of piperazine rings is 1. The highest BCUT2D eigenvalue weighted by atomic mass is 32.1. The lowest BCUT2D eigenvalue weighted by molar-refractivity contribution is -0.122. The zero-order valence-electron chi connectivity index (χ0n) is 11.6. The number of rotatable bonds is 1. The van der Waals surface area contributed by atoms with Crippen molar-refractivity contribution in [2.45, 2.75) is 6.04 Å². The van der Waals surface area contributed by atoms with Gasteiger partial charge in [-0.3, -0.25) is 14.9 Å². The molecule has 2 saturated heterocycles. The molecule has 3 heterocycles. The standard InChI is InChI=1S/C15H13N3O3S/c19-13-11-8-17(5-6-18(11)15(21)16-13)14(20)10-3-1-2-9-4-7-22-12(9)10/h1-4,7,11H,5-6,8H2,(H,16,19,21). The smallest absolute Gasteiger partial charge is 0.324 e. The van der Waals surface area contributed by atoms with Crippen molar-refractivity contribution in [3.05, 3.63) is 35.2 Å². The monoisotopic (exact) mass is 315 g/mol. The number of urea groups is 1. The zero-order chi connectivity index (χ0) is 15.3. The number of thiophene rings is 1. The molecule has 0 radical (unpaired) electrons. The molecule has 0 saturated carbocycles. The molecule has 1 unspecified atom stereocenters. The Hall–Kier alpha value is -2.41. The number of carbonyl (C=O) groups excluding carboxylic acids is 3. The molecule has 0 bridgehead atoms. The van der Waals surface area contributed by atoms with Crippen LogP contribution in [0.4, 0.5) is 4.79 Å². The van der Waals surface area contributed by atoms with Crippen LogP contribution in [0.25, 0.3) is 10.1 Å². The van der Waals surface area contributed by atoms with Gasteiger partial charge in [0.1, 0.15) is 6.04 Å². The maximum atomic E-state index is 12.8. The highest BCUT2D eigenvalue weighted by Crippen LogP contribution is 2.26. The highest BCUT2D eigenvalue weighted by molar-refractivity contribution is 7.17. The van der Waals surface area contributed by atoms with E-state index in [1.165, 1.54) is 16.2 Å². The van der Waals surface area contributed by atoms with E-state index in [-0.39, 0.29) is 24.4 Å². The van der Waals surface area contributed by atoms with E-state index in [0.717, 1.165) is 10.1 Å². The zero-order valence-corrected chi connectivity index (χ0v) is 12.4. The van der Waals surface area contributed by atoms with Gasteiger partial charge in [0, 0.05) is 17.8 Å². The van der Waals surface area contributed by atoms with Gasteiger partial charge >= 0.3 is 6.03 Å². The third-order valence-corrected chi connectivity index (χ3v) is 5.13. The molecule has 2 aliphatic heterocycles. The van der Waals surface area contributed by atoms with Gasteiger partial charge in [0.2, 0.25) is 0 Å². The summed E-state index contributed by atoms with van der Waals surface area (Å²) in [7, 11) is 0. The lowest BCUT2D eigenvalue weighted by Gasteiger charge is -2.35. The minimum Gasteiger partial charge on any atom is -0.334 e. The molecule has 112 valence electrons. The normalized spacial score (nSPS) is 21.2. The quantitative estimate of drug-likeness (QED) is 0.806. The Morgan fingerprint density at radius 1 is 1.23 bits per heavy atom. The molecule has 1 atom stereocenters. The predicted molar refractivity (Wildman–Crippen MR) is 81.8 cm³/mol. The number of hydrogen-bond acceptors (Lipinski definition) is 4. The molecule has 0 spiro atoms. The minimum absolute atomic E-state index is 0.0835. The summed E-state index contributed by atoms with van der Waals surface area (Å²) in [5, 5.41) is 5.30. The van der Waals surface area contributed by atoms with Crippen molar-refractivity contribution in [1.29, 1.82) is 0 Å². The number of hydrogen-bond donors (Lipinski definition) is 1. The topological polar surface area (TPSA) is 69.7 Å². The molecular formula is C15H13N3O3S. The van der Waals surface area contributed by atoms with Crippen molar-refractivity contribution in [3.63, 3.8) is 0 Å². The van der Waals surface area contributed by atoms with Crippen LogP contribution >= 0.6 is 11.3 Å². The molecule has 4 amide bonds.